The Hall–Kier alpha value is -2.86. The minimum Gasteiger partial charge on any atom is -0.481 e. The lowest BCUT2D eigenvalue weighted by atomic mass is 10.1. The number of carbonyl (C=O) groups is 2. The van der Waals surface area contributed by atoms with Gasteiger partial charge in [0.1, 0.15) is 5.75 Å². The second kappa shape index (κ2) is 8.49. The van der Waals surface area contributed by atoms with Crippen LogP contribution in [0, 0.1) is 0 Å². The van der Waals surface area contributed by atoms with Crippen molar-refractivity contribution in [3.63, 3.8) is 0 Å². The Morgan fingerprint density at radius 3 is 2.62 bits per heavy atom. The van der Waals surface area contributed by atoms with E-state index >= 15 is 0 Å². The number of ether oxygens (including phenoxy) is 2. The number of benzene rings is 2. The van der Waals surface area contributed by atoms with Gasteiger partial charge in [-0.2, -0.15) is 0 Å². The van der Waals surface area contributed by atoms with E-state index in [-0.39, 0.29) is 12.3 Å². The molecule has 0 saturated carbocycles. The highest BCUT2D eigenvalue weighted by Crippen LogP contribution is 2.34. The van der Waals surface area contributed by atoms with Gasteiger partial charge in [-0.3, -0.25) is 9.59 Å². The van der Waals surface area contributed by atoms with E-state index < -0.39 is 12.1 Å². The number of para-hydroxylation sites is 2. The quantitative estimate of drug-likeness (QED) is 0.737. The zero-order chi connectivity index (χ0) is 18.4. The summed E-state index contributed by atoms with van der Waals surface area (Å²) in [5, 5.41) is 9.00. The Balaban J connectivity index is 1.58. The fourth-order valence-electron chi connectivity index (χ4n) is 2.88. The van der Waals surface area contributed by atoms with Gasteiger partial charge < -0.3 is 19.5 Å². The third-order valence-corrected chi connectivity index (χ3v) is 4.11. The lowest BCUT2D eigenvalue weighted by Gasteiger charge is -2.33. The van der Waals surface area contributed by atoms with E-state index in [2.05, 4.69) is 0 Å². The highest BCUT2D eigenvalue weighted by atomic mass is 16.5. The first-order valence-electron chi connectivity index (χ1n) is 8.55. The molecule has 0 radical (unpaired) electrons. The minimum atomic E-state index is -1.06. The molecule has 0 spiro atoms. The molecule has 1 unspecified atom stereocenters. The Kier molecular flexibility index (Phi) is 5.86. The van der Waals surface area contributed by atoms with Crippen molar-refractivity contribution >= 4 is 17.6 Å². The van der Waals surface area contributed by atoms with E-state index in [0.29, 0.717) is 37.6 Å². The number of carbonyl (C=O) groups excluding carboxylic acids is 1. The molecule has 1 heterocycles. The number of carboxylic acid groups (broad SMARTS) is 1. The van der Waals surface area contributed by atoms with Crippen LogP contribution in [-0.2, 0) is 20.9 Å². The highest BCUT2D eigenvalue weighted by molar-refractivity contribution is 6.01. The maximum atomic E-state index is 12.6. The summed E-state index contributed by atoms with van der Waals surface area (Å²) < 4.78 is 11.2. The van der Waals surface area contributed by atoms with Crippen molar-refractivity contribution in [2.45, 2.75) is 25.6 Å². The Morgan fingerprint density at radius 2 is 1.85 bits per heavy atom. The average Bonchev–Trinajstić information content (AvgIpc) is 2.64. The van der Waals surface area contributed by atoms with Gasteiger partial charge in [0, 0.05) is 13.2 Å². The van der Waals surface area contributed by atoms with Gasteiger partial charge in [-0.1, -0.05) is 42.5 Å². The Bertz CT molecular complexity index is 762. The fourth-order valence-corrected chi connectivity index (χ4v) is 2.88. The van der Waals surface area contributed by atoms with Crippen molar-refractivity contribution in [3.05, 3.63) is 60.2 Å². The summed E-state index contributed by atoms with van der Waals surface area (Å²) in [5.41, 5.74) is 1.77. The van der Waals surface area contributed by atoms with Crippen molar-refractivity contribution < 1.29 is 24.2 Å². The molecule has 0 aliphatic carbocycles. The van der Waals surface area contributed by atoms with Crippen molar-refractivity contribution in [1.82, 2.24) is 0 Å². The molecule has 2 aromatic carbocycles. The van der Waals surface area contributed by atoms with Gasteiger partial charge in [-0.25, -0.2) is 0 Å². The molecule has 2 aromatic rings. The molecule has 0 saturated heterocycles. The molecule has 6 nitrogen and oxygen atoms in total. The molecule has 1 aliphatic heterocycles. The monoisotopic (exact) mass is 355 g/mol. The third-order valence-electron chi connectivity index (χ3n) is 4.11. The van der Waals surface area contributed by atoms with Gasteiger partial charge in [-0.05, 0) is 24.1 Å². The van der Waals surface area contributed by atoms with Crippen LogP contribution in [0.5, 0.6) is 5.75 Å². The molecule has 26 heavy (non-hydrogen) atoms. The first kappa shape index (κ1) is 17.9. The molecular formula is C20H21NO5. The molecule has 0 bridgehead atoms. The summed E-state index contributed by atoms with van der Waals surface area (Å²) in [7, 11) is 0. The first-order valence-corrected chi connectivity index (χ1v) is 8.55. The topological polar surface area (TPSA) is 76.1 Å². The fraction of sp³-hybridized carbons (Fsp3) is 0.300. The summed E-state index contributed by atoms with van der Waals surface area (Å²) in [6.45, 7) is 1.48. The van der Waals surface area contributed by atoms with E-state index in [0.717, 1.165) is 5.56 Å². The van der Waals surface area contributed by atoms with Crippen LogP contribution < -0.4 is 9.64 Å². The van der Waals surface area contributed by atoms with Crippen LogP contribution in [0.1, 0.15) is 18.4 Å². The van der Waals surface area contributed by atoms with Crippen molar-refractivity contribution in [3.8, 4) is 5.75 Å². The number of nitrogens with zero attached hydrogens (tertiary/aromatic N) is 1. The standard InChI is InChI=1S/C20H21NO5/c22-19(23)13-18-20(24)21(16-9-4-5-10-17(16)26-18)11-6-12-25-14-15-7-2-1-3-8-15/h1-5,7-10,18H,6,11-14H2,(H,22,23). The summed E-state index contributed by atoms with van der Waals surface area (Å²) in [4.78, 5) is 25.2. The Morgan fingerprint density at radius 1 is 1.12 bits per heavy atom. The predicted octanol–water partition coefficient (Wildman–Crippen LogP) is 2.86. The van der Waals surface area contributed by atoms with Gasteiger partial charge in [0.05, 0.1) is 18.7 Å². The van der Waals surface area contributed by atoms with Gasteiger partial charge in [0.2, 0.25) is 0 Å². The molecular weight excluding hydrogens is 334 g/mol. The maximum Gasteiger partial charge on any atom is 0.307 e. The van der Waals surface area contributed by atoms with E-state index in [1.54, 1.807) is 23.1 Å². The number of amides is 1. The molecule has 0 fully saturated rings. The lowest BCUT2D eigenvalue weighted by Crippen LogP contribution is -2.47. The number of hydrogen-bond donors (Lipinski definition) is 1. The van der Waals surface area contributed by atoms with Gasteiger partial charge in [0.15, 0.2) is 6.10 Å². The summed E-state index contributed by atoms with van der Waals surface area (Å²) >= 11 is 0. The number of hydrogen-bond acceptors (Lipinski definition) is 4. The van der Waals surface area contributed by atoms with Crippen LogP contribution in [-0.4, -0.2) is 36.2 Å². The van der Waals surface area contributed by atoms with E-state index in [1.807, 2.05) is 36.4 Å². The number of anilines is 1. The number of fused-ring (bicyclic) bond motifs is 1. The minimum absolute atomic E-state index is 0.325. The average molecular weight is 355 g/mol. The molecule has 3 rings (SSSR count). The summed E-state index contributed by atoms with van der Waals surface area (Å²) in [5.74, 6) is -0.855. The van der Waals surface area contributed by atoms with Gasteiger partial charge in [0.25, 0.3) is 5.91 Å². The van der Waals surface area contributed by atoms with Gasteiger partial charge >= 0.3 is 5.97 Å². The summed E-state index contributed by atoms with van der Waals surface area (Å²) in [6, 6.07) is 17.0. The van der Waals surface area contributed by atoms with Crippen LogP contribution in [0.15, 0.2) is 54.6 Å². The van der Waals surface area contributed by atoms with E-state index in [4.69, 9.17) is 14.6 Å². The molecule has 1 aliphatic rings. The van der Waals surface area contributed by atoms with E-state index in [1.165, 1.54) is 0 Å². The highest BCUT2D eigenvalue weighted by Gasteiger charge is 2.35. The Labute approximate surface area is 152 Å². The van der Waals surface area contributed by atoms with E-state index in [9.17, 15) is 9.59 Å². The largest absolute Gasteiger partial charge is 0.481 e. The SMILES string of the molecule is O=C(O)CC1Oc2ccccc2N(CCCOCc2ccccc2)C1=O. The van der Waals surface area contributed by atoms with Crippen LogP contribution in [0.4, 0.5) is 5.69 Å². The second-order valence-corrected chi connectivity index (χ2v) is 6.05. The molecule has 1 atom stereocenters. The second-order valence-electron chi connectivity index (χ2n) is 6.05. The number of carboxylic acids is 1. The maximum absolute atomic E-state index is 12.6. The molecule has 136 valence electrons. The third kappa shape index (κ3) is 4.40. The smallest absolute Gasteiger partial charge is 0.307 e. The predicted molar refractivity (Wildman–Crippen MR) is 96.2 cm³/mol. The van der Waals surface area contributed by atoms with Crippen molar-refractivity contribution in [1.29, 1.82) is 0 Å². The first-order chi connectivity index (χ1) is 12.6. The zero-order valence-electron chi connectivity index (χ0n) is 14.3. The van der Waals surface area contributed by atoms with Crippen LogP contribution >= 0.6 is 0 Å². The van der Waals surface area contributed by atoms with Gasteiger partial charge in [-0.15, -0.1) is 0 Å². The number of rotatable bonds is 8. The van der Waals surface area contributed by atoms with Crippen LogP contribution in [0.25, 0.3) is 0 Å². The molecule has 6 heteroatoms. The molecule has 1 N–H and O–H groups in total. The lowest BCUT2D eigenvalue weighted by molar-refractivity contribution is -0.142. The molecule has 0 aromatic heterocycles. The van der Waals surface area contributed by atoms with Crippen molar-refractivity contribution in [2.75, 3.05) is 18.1 Å². The van der Waals surface area contributed by atoms with Crippen LogP contribution in [0.2, 0.25) is 0 Å². The zero-order valence-corrected chi connectivity index (χ0v) is 14.3. The van der Waals surface area contributed by atoms with Crippen molar-refractivity contribution in [2.24, 2.45) is 0 Å². The van der Waals surface area contributed by atoms with Crippen LogP contribution in [0.3, 0.4) is 0 Å². The normalized spacial score (nSPS) is 16.1. The number of aliphatic carboxylic acids is 1. The summed E-state index contributed by atoms with van der Waals surface area (Å²) in [6.07, 6.45) is -0.700. The molecule has 1 amide bonds.